The Morgan fingerprint density at radius 2 is 1.96 bits per heavy atom. The van der Waals surface area contributed by atoms with Crippen molar-refractivity contribution in [1.82, 2.24) is 4.90 Å². The number of likely N-dealkylation sites (N-methyl/N-ethyl adjacent to an activating group) is 1. The zero-order chi connectivity index (χ0) is 18.5. The molecular weight excluding hydrogens is 337 g/mol. The van der Waals surface area contributed by atoms with E-state index in [-0.39, 0.29) is 18.0 Å². The average molecular weight is 360 g/mol. The molecule has 7 heteroatoms. The molecule has 0 saturated heterocycles. The number of halogens is 2. The third-order valence-corrected chi connectivity index (χ3v) is 3.56. The molecule has 1 amide bonds. The maximum Gasteiger partial charge on any atom is 0.410 e. The molecule has 0 unspecified atom stereocenters. The number of esters is 1. The minimum atomic E-state index is -0.629. The maximum absolute atomic E-state index is 13.7. The van der Waals surface area contributed by atoms with Gasteiger partial charge in [-0.1, -0.05) is 17.7 Å². The van der Waals surface area contributed by atoms with E-state index in [1.807, 2.05) is 0 Å². The first-order valence-corrected chi connectivity index (χ1v) is 7.87. The predicted molar refractivity (Wildman–Crippen MR) is 89.6 cm³/mol. The maximum atomic E-state index is 13.7. The molecule has 1 atom stereocenters. The van der Waals surface area contributed by atoms with Crippen molar-refractivity contribution in [3.63, 3.8) is 0 Å². The second kappa shape index (κ2) is 8.33. The molecule has 1 aromatic carbocycles. The summed E-state index contributed by atoms with van der Waals surface area (Å²) in [7, 11) is 2.84. The molecule has 0 saturated carbocycles. The first kappa shape index (κ1) is 20.2. The van der Waals surface area contributed by atoms with Crippen LogP contribution in [0.2, 0.25) is 5.02 Å². The van der Waals surface area contributed by atoms with Crippen molar-refractivity contribution in [2.75, 3.05) is 20.7 Å². The molecule has 0 aliphatic carbocycles. The molecule has 0 aliphatic heterocycles. The van der Waals surface area contributed by atoms with Gasteiger partial charge in [-0.3, -0.25) is 4.79 Å². The van der Waals surface area contributed by atoms with Gasteiger partial charge in [0.05, 0.1) is 18.6 Å². The molecule has 0 aromatic heterocycles. The van der Waals surface area contributed by atoms with E-state index in [2.05, 4.69) is 4.74 Å². The predicted octanol–water partition coefficient (Wildman–Crippen LogP) is 3.99. The van der Waals surface area contributed by atoms with Crippen LogP contribution in [0.4, 0.5) is 9.18 Å². The summed E-state index contributed by atoms with van der Waals surface area (Å²) in [5, 5.41) is -0.00364. The molecule has 0 spiro atoms. The first-order chi connectivity index (χ1) is 11.0. The van der Waals surface area contributed by atoms with Gasteiger partial charge >= 0.3 is 12.1 Å². The third-order valence-electron chi connectivity index (χ3n) is 3.26. The second-order valence-corrected chi connectivity index (χ2v) is 6.92. The highest BCUT2D eigenvalue weighted by Crippen LogP contribution is 2.26. The Hall–Kier alpha value is -1.82. The van der Waals surface area contributed by atoms with Gasteiger partial charge < -0.3 is 14.4 Å². The summed E-state index contributed by atoms with van der Waals surface area (Å²) in [5.41, 5.74) is -0.0760. The van der Waals surface area contributed by atoms with Crippen molar-refractivity contribution in [2.24, 2.45) is 0 Å². The molecule has 1 aromatic rings. The molecule has 134 valence electrons. The van der Waals surface area contributed by atoms with Crippen LogP contribution in [0.25, 0.3) is 0 Å². The fourth-order valence-electron chi connectivity index (χ4n) is 2.08. The van der Waals surface area contributed by atoms with Crippen molar-refractivity contribution >= 4 is 23.7 Å². The number of carbonyl (C=O) groups is 2. The van der Waals surface area contributed by atoms with E-state index in [9.17, 15) is 14.0 Å². The Balaban J connectivity index is 2.95. The first-order valence-electron chi connectivity index (χ1n) is 7.49. The van der Waals surface area contributed by atoms with Crippen molar-refractivity contribution < 1.29 is 23.5 Å². The number of methoxy groups -OCH3 is 1. The lowest BCUT2D eigenvalue weighted by atomic mass is 9.95. The molecule has 0 heterocycles. The van der Waals surface area contributed by atoms with Crippen molar-refractivity contribution in [1.29, 1.82) is 0 Å². The van der Waals surface area contributed by atoms with Crippen LogP contribution in [-0.4, -0.2) is 43.3 Å². The average Bonchev–Trinajstić information content (AvgIpc) is 2.47. The van der Waals surface area contributed by atoms with Crippen LogP contribution in [0.5, 0.6) is 0 Å². The van der Waals surface area contributed by atoms with Crippen LogP contribution in [0, 0.1) is 5.82 Å². The fraction of sp³-hybridized carbons (Fsp3) is 0.529. The van der Waals surface area contributed by atoms with Gasteiger partial charge in [0.1, 0.15) is 11.4 Å². The van der Waals surface area contributed by atoms with Gasteiger partial charge in [-0.2, -0.15) is 0 Å². The van der Waals surface area contributed by atoms with Crippen LogP contribution in [0.1, 0.15) is 38.7 Å². The molecule has 1 rings (SSSR count). The molecule has 5 nitrogen and oxygen atoms in total. The highest BCUT2D eigenvalue weighted by Gasteiger charge is 2.25. The third kappa shape index (κ3) is 6.35. The van der Waals surface area contributed by atoms with Crippen LogP contribution < -0.4 is 0 Å². The Kier molecular flexibility index (Phi) is 7.02. The van der Waals surface area contributed by atoms with Crippen molar-refractivity contribution in [2.45, 2.75) is 38.7 Å². The largest absolute Gasteiger partial charge is 0.469 e. The molecule has 0 bridgehead atoms. The van der Waals surface area contributed by atoms with Crippen LogP contribution >= 0.6 is 11.6 Å². The lowest BCUT2D eigenvalue weighted by Gasteiger charge is -2.27. The van der Waals surface area contributed by atoms with E-state index < -0.39 is 29.4 Å². The van der Waals surface area contributed by atoms with Gasteiger partial charge in [-0.05, 0) is 38.5 Å². The Morgan fingerprint density at radius 1 is 1.33 bits per heavy atom. The molecule has 24 heavy (non-hydrogen) atoms. The van der Waals surface area contributed by atoms with Crippen LogP contribution in [0.3, 0.4) is 0 Å². The summed E-state index contributed by atoms with van der Waals surface area (Å²) in [6.45, 7) is 5.46. The number of ether oxygens (including phenoxy) is 2. The van der Waals surface area contributed by atoms with E-state index in [0.29, 0.717) is 5.56 Å². The highest BCUT2D eigenvalue weighted by molar-refractivity contribution is 6.30. The second-order valence-electron chi connectivity index (χ2n) is 6.51. The Bertz CT molecular complexity index is 601. The summed E-state index contributed by atoms with van der Waals surface area (Å²) >= 11 is 5.70. The lowest BCUT2D eigenvalue weighted by molar-refractivity contribution is -0.141. The standard InChI is InChI=1S/C17H23ClFNO4/c1-17(2,3)24-16(22)20(4)10-12(9-15(21)23-5)11-6-7-13(18)14(19)8-11/h6-8,12H,9-10H2,1-5H3/t12-/m1/s1. The van der Waals surface area contributed by atoms with Crippen molar-refractivity contribution in [3.8, 4) is 0 Å². The van der Waals surface area contributed by atoms with E-state index in [1.165, 1.54) is 24.1 Å². The zero-order valence-electron chi connectivity index (χ0n) is 14.6. The van der Waals surface area contributed by atoms with Gasteiger partial charge in [0.15, 0.2) is 0 Å². The molecule has 0 N–H and O–H groups in total. The lowest BCUT2D eigenvalue weighted by Crippen LogP contribution is -2.37. The van der Waals surface area contributed by atoms with E-state index in [1.54, 1.807) is 33.9 Å². The van der Waals surface area contributed by atoms with E-state index in [0.717, 1.165) is 0 Å². The van der Waals surface area contributed by atoms with Gasteiger partial charge in [0.25, 0.3) is 0 Å². The number of nitrogens with zero attached hydrogens (tertiary/aromatic N) is 1. The van der Waals surface area contributed by atoms with E-state index in [4.69, 9.17) is 16.3 Å². The SMILES string of the molecule is COC(=O)C[C@H](CN(C)C(=O)OC(C)(C)C)c1ccc(Cl)c(F)c1. The summed E-state index contributed by atoms with van der Waals surface area (Å²) in [6, 6.07) is 4.31. The van der Waals surface area contributed by atoms with Crippen LogP contribution in [0.15, 0.2) is 18.2 Å². The monoisotopic (exact) mass is 359 g/mol. The smallest absolute Gasteiger partial charge is 0.410 e. The number of benzene rings is 1. The fourth-order valence-corrected chi connectivity index (χ4v) is 2.20. The van der Waals surface area contributed by atoms with Gasteiger partial charge in [0.2, 0.25) is 0 Å². The topological polar surface area (TPSA) is 55.8 Å². The number of rotatable bonds is 5. The number of hydrogen-bond acceptors (Lipinski definition) is 4. The number of hydrogen-bond donors (Lipinski definition) is 0. The minimum absolute atomic E-state index is 0.00364. The highest BCUT2D eigenvalue weighted by atomic mass is 35.5. The Labute approximate surface area is 146 Å². The molecule has 0 aliphatic rings. The molecule has 0 fully saturated rings. The minimum Gasteiger partial charge on any atom is -0.469 e. The summed E-state index contributed by atoms with van der Waals surface area (Å²) in [5.74, 6) is -1.47. The van der Waals surface area contributed by atoms with E-state index >= 15 is 0 Å². The zero-order valence-corrected chi connectivity index (χ0v) is 15.3. The van der Waals surface area contributed by atoms with Gasteiger partial charge in [-0.15, -0.1) is 0 Å². The quantitative estimate of drug-likeness (QED) is 0.746. The summed E-state index contributed by atoms with van der Waals surface area (Å²) < 4.78 is 23.7. The molecular formula is C17H23ClFNO4. The summed E-state index contributed by atoms with van der Waals surface area (Å²) in [4.78, 5) is 25.1. The number of carbonyl (C=O) groups excluding carboxylic acids is 2. The van der Waals surface area contributed by atoms with Gasteiger partial charge in [0, 0.05) is 19.5 Å². The summed E-state index contributed by atoms with van der Waals surface area (Å²) in [6.07, 6.45) is -0.517. The van der Waals surface area contributed by atoms with Crippen LogP contribution in [-0.2, 0) is 14.3 Å². The van der Waals surface area contributed by atoms with Gasteiger partial charge in [-0.25, -0.2) is 9.18 Å². The molecule has 0 radical (unpaired) electrons. The Morgan fingerprint density at radius 3 is 2.46 bits per heavy atom. The number of amides is 1. The normalized spacial score (nSPS) is 12.5. The van der Waals surface area contributed by atoms with Crippen molar-refractivity contribution in [3.05, 3.63) is 34.6 Å².